The summed E-state index contributed by atoms with van der Waals surface area (Å²) in [5.74, 6) is 1.82. The van der Waals surface area contributed by atoms with E-state index in [4.69, 9.17) is 9.72 Å². The van der Waals surface area contributed by atoms with Crippen LogP contribution in [0.4, 0.5) is 23.4 Å². The number of benzene rings is 1. The van der Waals surface area contributed by atoms with Crippen LogP contribution in [0.1, 0.15) is 59.6 Å². The summed E-state index contributed by atoms with van der Waals surface area (Å²) in [5, 5.41) is 0. The fraction of sp³-hybridized carbons (Fsp3) is 0.393. The van der Waals surface area contributed by atoms with Crippen LogP contribution in [0.5, 0.6) is 5.88 Å². The number of halogens is 4. The highest BCUT2D eigenvalue weighted by Crippen LogP contribution is 2.46. The number of imidazole rings is 1. The number of anilines is 1. The van der Waals surface area contributed by atoms with E-state index in [1.807, 2.05) is 24.1 Å². The molecule has 0 N–H and O–H groups in total. The number of alkyl halides is 4. The quantitative estimate of drug-likeness (QED) is 0.266. The predicted molar refractivity (Wildman–Crippen MR) is 140 cm³/mol. The molecule has 1 atom stereocenters. The number of aromatic nitrogens is 6. The van der Waals surface area contributed by atoms with Crippen LogP contribution >= 0.6 is 0 Å². The molecule has 2 aliphatic carbocycles. The summed E-state index contributed by atoms with van der Waals surface area (Å²) in [6.45, 7) is 0.437. The maximum Gasteiger partial charge on any atom is 0.434 e. The molecule has 6 rings (SSSR count). The second-order valence-corrected chi connectivity index (χ2v) is 10.3. The summed E-state index contributed by atoms with van der Waals surface area (Å²) >= 11 is 0. The van der Waals surface area contributed by atoms with E-state index in [0.29, 0.717) is 53.7 Å². The first-order chi connectivity index (χ1) is 19.1. The number of fused-ring (bicyclic) bond motifs is 1. The first-order valence-electron chi connectivity index (χ1n) is 13.0. The third-order valence-electron chi connectivity index (χ3n) is 7.34. The molecule has 1 aromatic carbocycles. The highest BCUT2D eigenvalue weighted by molar-refractivity contribution is 5.69. The molecule has 2 aliphatic rings. The zero-order valence-corrected chi connectivity index (χ0v) is 22.2. The van der Waals surface area contributed by atoms with Crippen molar-refractivity contribution in [2.24, 2.45) is 7.05 Å². The van der Waals surface area contributed by atoms with E-state index in [9.17, 15) is 13.2 Å². The molecule has 0 spiro atoms. The standard InChI is InChI=1S/C28H27F4N7O/c1-38(12-15-4-6-17(7-5-15)25-35-20(13-39(25)2)28(30,31)32)26-18-10-11-19(29)23(18)36-24(37-26)21-22(16-8-9-16)33-14-34-27(21)40-3/h4-7,13-14,16,19H,8-12H2,1-3H3. The van der Waals surface area contributed by atoms with Crippen LogP contribution in [-0.4, -0.2) is 43.6 Å². The summed E-state index contributed by atoms with van der Waals surface area (Å²) in [6.07, 6.45) is -0.397. The molecule has 1 fully saturated rings. The molecule has 4 aromatic rings. The SMILES string of the molecule is COc1ncnc(C2CC2)c1-c1nc2c(c(N(C)Cc3ccc(-c4nc(C(F)(F)F)cn4C)cc3)n1)CCC2F. The van der Waals surface area contributed by atoms with Crippen LogP contribution in [0.25, 0.3) is 22.8 Å². The van der Waals surface area contributed by atoms with Gasteiger partial charge < -0.3 is 14.2 Å². The molecule has 0 bridgehead atoms. The van der Waals surface area contributed by atoms with E-state index in [0.717, 1.165) is 35.9 Å². The minimum Gasteiger partial charge on any atom is -0.480 e. The minimum absolute atomic E-state index is 0.227. The minimum atomic E-state index is -4.51. The van der Waals surface area contributed by atoms with Gasteiger partial charge in [0.05, 0.1) is 18.5 Å². The van der Waals surface area contributed by atoms with Gasteiger partial charge in [0.1, 0.15) is 29.7 Å². The van der Waals surface area contributed by atoms with Crippen molar-refractivity contribution in [2.45, 2.75) is 50.5 Å². The molecule has 0 radical (unpaired) electrons. The predicted octanol–water partition coefficient (Wildman–Crippen LogP) is 5.83. The Labute approximate surface area is 228 Å². The van der Waals surface area contributed by atoms with Crippen LogP contribution in [0, 0.1) is 0 Å². The molecule has 8 nitrogen and oxygen atoms in total. The molecule has 1 saturated carbocycles. The van der Waals surface area contributed by atoms with E-state index in [2.05, 4.69) is 19.9 Å². The van der Waals surface area contributed by atoms with Crippen molar-refractivity contribution in [3.05, 3.63) is 65.0 Å². The Kier molecular flexibility index (Phi) is 6.42. The summed E-state index contributed by atoms with van der Waals surface area (Å²) in [7, 11) is 4.94. The van der Waals surface area contributed by atoms with Crippen molar-refractivity contribution in [1.82, 2.24) is 29.5 Å². The third kappa shape index (κ3) is 4.75. The van der Waals surface area contributed by atoms with Gasteiger partial charge in [-0.25, -0.2) is 29.3 Å². The summed E-state index contributed by atoms with van der Waals surface area (Å²) in [5.41, 5.74) is 3.10. The second-order valence-electron chi connectivity index (χ2n) is 10.3. The van der Waals surface area contributed by atoms with E-state index < -0.39 is 18.0 Å². The fourth-order valence-electron chi connectivity index (χ4n) is 5.22. The van der Waals surface area contributed by atoms with Crippen molar-refractivity contribution in [3.63, 3.8) is 0 Å². The van der Waals surface area contributed by atoms with Crippen molar-refractivity contribution in [2.75, 3.05) is 19.1 Å². The number of rotatable bonds is 7. The Morgan fingerprint density at radius 1 is 1.02 bits per heavy atom. The molecule has 1 unspecified atom stereocenters. The molecule has 12 heteroatoms. The molecule has 3 heterocycles. The fourth-order valence-corrected chi connectivity index (χ4v) is 5.22. The summed E-state index contributed by atoms with van der Waals surface area (Å²) in [4.78, 5) is 24.0. The lowest BCUT2D eigenvalue weighted by Crippen LogP contribution is -2.20. The zero-order chi connectivity index (χ0) is 28.2. The van der Waals surface area contributed by atoms with Gasteiger partial charge in [0.25, 0.3) is 0 Å². The first kappa shape index (κ1) is 26.1. The average Bonchev–Trinajstić information content (AvgIpc) is 3.61. The van der Waals surface area contributed by atoms with Gasteiger partial charge in [0.15, 0.2) is 11.5 Å². The number of hydrogen-bond acceptors (Lipinski definition) is 7. The van der Waals surface area contributed by atoms with Gasteiger partial charge in [-0.1, -0.05) is 24.3 Å². The monoisotopic (exact) mass is 553 g/mol. The Hall–Kier alpha value is -4.09. The zero-order valence-electron chi connectivity index (χ0n) is 22.2. The average molecular weight is 554 g/mol. The van der Waals surface area contributed by atoms with Crippen molar-refractivity contribution in [1.29, 1.82) is 0 Å². The third-order valence-corrected chi connectivity index (χ3v) is 7.34. The molecule has 0 amide bonds. The topological polar surface area (TPSA) is 81.9 Å². The lowest BCUT2D eigenvalue weighted by atomic mass is 10.1. The Bertz CT molecular complexity index is 1560. The van der Waals surface area contributed by atoms with E-state index >= 15 is 4.39 Å². The van der Waals surface area contributed by atoms with E-state index in [1.54, 1.807) is 12.1 Å². The van der Waals surface area contributed by atoms with E-state index in [-0.39, 0.29) is 11.7 Å². The molecular formula is C28H27F4N7O. The number of methoxy groups -OCH3 is 1. The maximum atomic E-state index is 15.0. The molecular weight excluding hydrogens is 526 g/mol. The first-order valence-corrected chi connectivity index (χ1v) is 13.0. The number of hydrogen-bond donors (Lipinski definition) is 0. The molecule has 0 aliphatic heterocycles. The Balaban J connectivity index is 1.32. The van der Waals surface area contributed by atoms with Crippen molar-refractivity contribution < 1.29 is 22.3 Å². The van der Waals surface area contributed by atoms with Crippen LogP contribution in [0.15, 0.2) is 36.8 Å². The normalized spacial score (nSPS) is 16.7. The largest absolute Gasteiger partial charge is 0.480 e. The lowest BCUT2D eigenvalue weighted by molar-refractivity contribution is -0.140. The van der Waals surface area contributed by atoms with Crippen molar-refractivity contribution in [3.8, 4) is 28.7 Å². The highest BCUT2D eigenvalue weighted by atomic mass is 19.4. The maximum absolute atomic E-state index is 15.0. The number of nitrogens with zero attached hydrogens (tertiary/aromatic N) is 7. The van der Waals surface area contributed by atoms with Gasteiger partial charge in [-0.05, 0) is 31.2 Å². The number of aryl methyl sites for hydroxylation is 1. The molecule has 208 valence electrons. The van der Waals surface area contributed by atoms with Crippen LogP contribution in [0.3, 0.4) is 0 Å². The molecule has 40 heavy (non-hydrogen) atoms. The van der Waals surface area contributed by atoms with Crippen LogP contribution in [0.2, 0.25) is 0 Å². The molecule has 3 aromatic heterocycles. The van der Waals surface area contributed by atoms with Crippen molar-refractivity contribution >= 4 is 5.82 Å². The van der Waals surface area contributed by atoms with Gasteiger partial charge in [-0.2, -0.15) is 13.2 Å². The van der Waals surface area contributed by atoms with Gasteiger partial charge in [-0.15, -0.1) is 0 Å². The van der Waals surface area contributed by atoms with Gasteiger partial charge in [0.2, 0.25) is 5.88 Å². The summed E-state index contributed by atoms with van der Waals surface area (Å²) < 4.78 is 61.2. The van der Waals surface area contributed by atoms with Gasteiger partial charge in [0, 0.05) is 43.9 Å². The van der Waals surface area contributed by atoms with Crippen LogP contribution < -0.4 is 9.64 Å². The molecule has 0 saturated heterocycles. The van der Waals surface area contributed by atoms with Crippen LogP contribution in [-0.2, 0) is 26.2 Å². The number of ether oxygens (including phenoxy) is 1. The van der Waals surface area contributed by atoms with Gasteiger partial charge >= 0.3 is 6.18 Å². The highest BCUT2D eigenvalue weighted by Gasteiger charge is 2.36. The van der Waals surface area contributed by atoms with E-state index in [1.165, 1.54) is 25.1 Å². The second kappa shape index (κ2) is 9.83. The Morgan fingerprint density at radius 2 is 1.77 bits per heavy atom. The lowest BCUT2D eigenvalue weighted by Gasteiger charge is -2.22. The van der Waals surface area contributed by atoms with Gasteiger partial charge in [-0.3, -0.25) is 0 Å². The smallest absolute Gasteiger partial charge is 0.434 e. The Morgan fingerprint density at radius 3 is 2.42 bits per heavy atom. The summed E-state index contributed by atoms with van der Waals surface area (Å²) in [6, 6.07) is 7.17.